The molecular formula is C15H26O3. The van der Waals surface area contributed by atoms with Gasteiger partial charge in [0.25, 0.3) is 0 Å². The lowest BCUT2D eigenvalue weighted by Gasteiger charge is -2.35. The van der Waals surface area contributed by atoms with Crippen molar-refractivity contribution in [2.75, 3.05) is 13.2 Å². The van der Waals surface area contributed by atoms with Crippen LogP contribution in [-0.2, 0) is 14.2 Å². The summed E-state index contributed by atoms with van der Waals surface area (Å²) in [6, 6.07) is 0. The molecule has 6 atom stereocenters. The van der Waals surface area contributed by atoms with Crippen molar-refractivity contribution < 1.29 is 14.2 Å². The van der Waals surface area contributed by atoms with Crippen LogP contribution in [0.15, 0.2) is 0 Å². The molecule has 3 aliphatic rings. The first-order chi connectivity index (χ1) is 8.72. The van der Waals surface area contributed by atoms with Gasteiger partial charge in [0.2, 0.25) is 0 Å². The number of hydrogen-bond donors (Lipinski definition) is 0. The maximum absolute atomic E-state index is 6.01. The average molecular weight is 254 g/mol. The Balaban J connectivity index is 1.55. The van der Waals surface area contributed by atoms with Crippen LogP contribution in [0.25, 0.3) is 0 Å². The minimum Gasteiger partial charge on any atom is -0.381 e. The molecule has 104 valence electrons. The molecule has 3 heteroatoms. The zero-order chi connectivity index (χ0) is 12.5. The molecular weight excluding hydrogens is 228 g/mol. The van der Waals surface area contributed by atoms with Gasteiger partial charge in [-0.3, -0.25) is 0 Å². The quantitative estimate of drug-likeness (QED) is 0.758. The summed E-state index contributed by atoms with van der Waals surface area (Å²) in [6.07, 6.45) is 7.83. The maximum atomic E-state index is 6.01. The van der Waals surface area contributed by atoms with Gasteiger partial charge in [-0.05, 0) is 46.0 Å². The first-order valence-corrected chi connectivity index (χ1v) is 7.61. The highest BCUT2D eigenvalue weighted by molar-refractivity contribution is 4.86. The van der Waals surface area contributed by atoms with Crippen LogP contribution in [0.5, 0.6) is 0 Å². The van der Waals surface area contributed by atoms with E-state index in [9.17, 15) is 0 Å². The molecule has 0 saturated carbocycles. The van der Waals surface area contributed by atoms with Crippen molar-refractivity contribution in [3.05, 3.63) is 0 Å². The summed E-state index contributed by atoms with van der Waals surface area (Å²) in [6.45, 7) is 6.14. The van der Waals surface area contributed by atoms with Gasteiger partial charge in [-0.15, -0.1) is 0 Å². The molecule has 4 unspecified atom stereocenters. The van der Waals surface area contributed by atoms with Gasteiger partial charge in [0.15, 0.2) is 0 Å². The Morgan fingerprint density at radius 3 is 1.61 bits per heavy atom. The van der Waals surface area contributed by atoms with E-state index in [0.717, 1.165) is 13.2 Å². The lowest BCUT2D eigenvalue weighted by atomic mass is 9.84. The molecule has 0 radical (unpaired) electrons. The highest BCUT2D eigenvalue weighted by Gasteiger charge is 2.38. The molecule has 0 spiro atoms. The summed E-state index contributed by atoms with van der Waals surface area (Å²) in [7, 11) is 0. The monoisotopic (exact) mass is 254 g/mol. The minimum absolute atomic E-state index is 0.432. The van der Waals surface area contributed by atoms with Gasteiger partial charge in [0, 0.05) is 11.8 Å². The van der Waals surface area contributed by atoms with Crippen molar-refractivity contribution in [1.82, 2.24) is 0 Å². The molecule has 0 N–H and O–H groups in total. The van der Waals surface area contributed by atoms with E-state index in [0.29, 0.717) is 36.3 Å². The third-order valence-electron chi connectivity index (χ3n) is 4.85. The molecule has 0 aliphatic carbocycles. The Hall–Kier alpha value is -0.120. The molecule has 0 bridgehead atoms. The van der Waals surface area contributed by atoms with Crippen LogP contribution in [0, 0.1) is 11.8 Å². The first kappa shape index (κ1) is 12.9. The predicted octanol–water partition coefficient (Wildman–Crippen LogP) is 2.77. The average Bonchev–Trinajstić information content (AvgIpc) is 2.98. The van der Waals surface area contributed by atoms with Crippen LogP contribution in [0.4, 0.5) is 0 Å². The molecule has 3 aliphatic heterocycles. The summed E-state index contributed by atoms with van der Waals surface area (Å²) in [4.78, 5) is 0. The molecule has 3 fully saturated rings. The largest absolute Gasteiger partial charge is 0.381 e. The lowest BCUT2D eigenvalue weighted by molar-refractivity contribution is -0.0928. The second-order valence-corrected chi connectivity index (χ2v) is 6.42. The van der Waals surface area contributed by atoms with Crippen LogP contribution >= 0.6 is 0 Å². The third-order valence-corrected chi connectivity index (χ3v) is 4.85. The van der Waals surface area contributed by atoms with Gasteiger partial charge in [-0.25, -0.2) is 0 Å². The van der Waals surface area contributed by atoms with Crippen molar-refractivity contribution >= 4 is 0 Å². The molecule has 3 nitrogen and oxygen atoms in total. The van der Waals surface area contributed by atoms with Crippen LogP contribution in [0.1, 0.15) is 46.0 Å². The van der Waals surface area contributed by atoms with E-state index in [1.165, 1.54) is 32.1 Å². The van der Waals surface area contributed by atoms with Gasteiger partial charge in [0.1, 0.15) is 0 Å². The molecule has 0 amide bonds. The summed E-state index contributed by atoms with van der Waals surface area (Å²) < 4.78 is 17.9. The smallest absolute Gasteiger partial charge is 0.0630 e. The standard InChI is InChI=1S/C15H26O3/c1-10-3-5-14(17-10)12-7-13(9-16-8-12)15-6-4-11(2)18-15/h10-15H,3-9H2,1-2H3/t10-,11+,12?,13?,14?,15?. The summed E-state index contributed by atoms with van der Waals surface area (Å²) in [5, 5.41) is 0. The van der Waals surface area contributed by atoms with Crippen molar-refractivity contribution in [3.8, 4) is 0 Å². The Labute approximate surface area is 110 Å². The van der Waals surface area contributed by atoms with Crippen LogP contribution in [0.3, 0.4) is 0 Å². The van der Waals surface area contributed by atoms with Gasteiger partial charge in [-0.1, -0.05) is 0 Å². The predicted molar refractivity (Wildman–Crippen MR) is 69.6 cm³/mol. The zero-order valence-corrected chi connectivity index (χ0v) is 11.6. The number of hydrogen-bond acceptors (Lipinski definition) is 3. The Bertz CT molecular complexity index is 255. The first-order valence-electron chi connectivity index (χ1n) is 7.61. The summed E-state index contributed by atoms with van der Waals surface area (Å²) >= 11 is 0. The van der Waals surface area contributed by atoms with E-state index in [2.05, 4.69) is 13.8 Å². The molecule has 3 saturated heterocycles. The fourth-order valence-electron chi connectivity index (χ4n) is 3.77. The molecule has 18 heavy (non-hydrogen) atoms. The van der Waals surface area contributed by atoms with E-state index in [1.54, 1.807) is 0 Å². The topological polar surface area (TPSA) is 27.7 Å². The van der Waals surface area contributed by atoms with E-state index < -0.39 is 0 Å². The van der Waals surface area contributed by atoms with Gasteiger partial charge < -0.3 is 14.2 Å². The second kappa shape index (κ2) is 5.48. The van der Waals surface area contributed by atoms with E-state index in [-0.39, 0.29) is 0 Å². The SMILES string of the molecule is C[C@@H]1CCC(C2COCC(C3CC[C@H](C)O3)C2)O1. The normalized spacial score (nSPS) is 49.7. The Morgan fingerprint density at radius 2 is 1.22 bits per heavy atom. The van der Waals surface area contributed by atoms with Crippen LogP contribution in [0.2, 0.25) is 0 Å². The maximum Gasteiger partial charge on any atom is 0.0630 e. The number of rotatable bonds is 2. The van der Waals surface area contributed by atoms with Gasteiger partial charge >= 0.3 is 0 Å². The fraction of sp³-hybridized carbons (Fsp3) is 1.00. The zero-order valence-electron chi connectivity index (χ0n) is 11.6. The van der Waals surface area contributed by atoms with Crippen LogP contribution < -0.4 is 0 Å². The number of ether oxygens (including phenoxy) is 3. The molecule has 0 aromatic carbocycles. The molecule has 0 aromatic heterocycles. The Kier molecular flexibility index (Phi) is 3.92. The highest BCUT2D eigenvalue weighted by Crippen LogP contribution is 2.36. The van der Waals surface area contributed by atoms with Crippen molar-refractivity contribution in [1.29, 1.82) is 0 Å². The molecule has 3 rings (SSSR count). The third kappa shape index (κ3) is 2.73. The summed E-state index contributed by atoms with van der Waals surface area (Å²) in [5.41, 5.74) is 0. The Morgan fingerprint density at radius 1 is 0.722 bits per heavy atom. The van der Waals surface area contributed by atoms with Crippen molar-refractivity contribution in [3.63, 3.8) is 0 Å². The van der Waals surface area contributed by atoms with Gasteiger partial charge in [0.05, 0.1) is 37.6 Å². The second-order valence-electron chi connectivity index (χ2n) is 6.42. The molecule has 3 heterocycles. The summed E-state index contributed by atoms with van der Waals surface area (Å²) in [5.74, 6) is 1.18. The minimum atomic E-state index is 0.432. The fourth-order valence-corrected chi connectivity index (χ4v) is 3.77. The van der Waals surface area contributed by atoms with E-state index in [4.69, 9.17) is 14.2 Å². The molecule has 0 aromatic rings. The lowest BCUT2D eigenvalue weighted by Crippen LogP contribution is -2.38. The highest BCUT2D eigenvalue weighted by atomic mass is 16.5. The van der Waals surface area contributed by atoms with E-state index in [1.807, 2.05) is 0 Å². The van der Waals surface area contributed by atoms with E-state index >= 15 is 0 Å². The van der Waals surface area contributed by atoms with Crippen LogP contribution in [-0.4, -0.2) is 37.6 Å². The van der Waals surface area contributed by atoms with Crippen molar-refractivity contribution in [2.45, 2.75) is 70.4 Å². The van der Waals surface area contributed by atoms with Gasteiger partial charge in [-0.2, -0.15) is 0 Å². The van der Waals surface area contributed by atoms with Crippen molar-refractivity contribution in [2.24, 2.45) is 11.8 Å².